The van der Waals surface area contributed by atoms with Crippen molar-refractivity contribution < 1.29 is 13.9 Å². The molecule has 0 saturated heterocycles. The third-order valence-electron chi connectivity index (χ3n) is 3.29. The molecule has 2 rings (SSSR count). The summed E-state index contributed by atoms with van der Waals surface area (Å²) in [6.45, 7) is 1.94. The van der Waals surface area contributed by atoms with E-state index >= 15 is 0 Å². The van der Waals surface area contributed by atoms with E-state index in [9.17, 15) is 4.39 Å². The van der Waals surface area contributed by atoms with Gasteiger partial charge in [0.2, 0.25) is 0 Å². The van der Waals surface area contributed by atoms with Crippen LogP contribution >= 0.6 is 27.5 Å². The van der Waals surface area contributed by atoms with Crippen LogP contribution in [0.1, 0.15) is 22.1 Å². The lowest BCUT2D eigenvalue weighted by Crippen LogP contribution is -2.02. The quantitative estimate of drug-likeness (QED) is 0.682. The second kappa shape index (κ2) is 6.67. The largest absolute Gasteiger partial charge is 0.493 e. The van der Waals surface area contributed by atoms with E-state index in [4.69, 9.17) is 21.1 Å². The summed E-state index contributed by atoms with van der Waals surface area (Å²) in [4.78, 5) is 0. The normalized spacial score (nSPS) is 12.1. The molecule has 0 aliphatic carbocycles. The molecule has 0 spiro atoms. The minimum absolute atomic E-state index is 0.341. The number of methoxy groups -OCH3 is 2. The van der Waals surface area contributed by atoms with Gasteiger partial charge in [0.15, 0.2) is 11.5 Å². The molecule has 0 aliphatic heterocycles. The summed E-state index contributed by atoms with van der Waals surface area (Å²) >= 11 is 9.89. The monoisotopic (exact) mass is 372 g/mol. The minimum atomic E-state index is -0.609. The van der Waals surface area contributed by atoms with Gasteiger partial charge in [0, 0.05) is 16.1 Å². The molecule has 1 unspecified atom stereocenters. The Morgan fingerprint density at radius 1 is 1.05 bits per heavy atom. The lowest BCUT2D eigenvalue weighted by Gasteiger charge is -2.17. The van der Waals surface area contributed by atoms with Gasteiger partial charge in [0.05, 0.1) is 19.6 Å². The molecule has 0 heterocycles. The average Bonchev–Trinajstić information content (AvgIpc) is 2.48. The van der Waals surface area contributed by atoms with Crippen LogP contribution in [-0.4, -0.2) is 14.2 Å². The van der Waals surface area contributed by atoms with E-state index in [1.165, 1.54) is 20.3 Å². The predicted octanol–water partition coefficient (Wildman–Crippen LogP) is 5.24. The highest BCUT2D eigenvalue weighted by Crippen LogP contribution is 2.39. The van der Waals surface area contributed by atoms with Gasteiger partial charge in [-0.05, 0) is 36.2 Å². The first kappa shape index (κ1) is 16.1. The number of benzene rings is 2. The van der Waals surface area contributed by atoms with Gasteiger partial charge in [-0.25, -0.2) is 4.39 Å². The van der Waals surface area contributed by atoms with Crippen molar-refractivity contribution in [2.75, 3.05) is 14.2 Å². The number of hydrogen-bond donors (Lipinski definition) is 0. The number of alkyl halides is 1. The summed E-state index contributed by atoms with van der Waals surface area (Å²) in [5, 5.41) is -0.609. The Bertz CT molecular complexity index is 661. The number of ether oxygens (including phenoxy) is 2. The highest BCUT2D eigenvalue weighted by Gasteiger charge is 2.20. The first-order chi connectivity index (χ1) is 9.97. The zero-order valence-corrected chi connectivity index (χ0v) is 14.3. The van der Waals surface area contributed by atoms with Crippen LogP contribution in [0.25, 0.3) is 0 Å². The molecule has 2 nitrogen and oxygen atoms in total. The van der Waals surface area contributed by atoms with Crippen molar-refractivity contribution in [2.45, 2.75) is 12.3 Å². The summed E-state index contributed by atoms with van der Waals surface area (Å²) < 4.78 is 25.5. The molecule has 2 aromatic carbocycles. The van der Waals surface area contributed by atoms with E-state index in [1.54, 1.807) is 6.07 Å². The fraction of sp³-hybridized carbons (Fsp3) is 0.250. The van der Waals surface area contributed by atoms with Gasteiger partial charge in [0.25, 0.3) is 0 Å². The number of aryl methyl sites for hydroxylation is 1. The first-order valence-corrected chi connectivity index (χ1v) is 7.52. The Kier molecular flexibility index (Phi) is 5.12. The van der Waals surface area contributed by atoms with Crippen LogP contribution in [0, 0.1) is 12.7 Å². The minimum Gasteiger partial charge on any atom is -0.493 e. The summed E-state index contributed by atoms with van der Waals surface area (Å²) in [6, 6.07) is 8.62. The Morgan fingerprint density at radius 2 is 1.67 bits per heavy atom. The summed E-state index contributed by atoms with van der Waals surface area (Å²) in [7, 11) is 2.97. The maximum atomic E-state index is 14.3. The molecule has 0 amide bonds. The van der Waals surface area contributed by atoms with Crippen LogP contribution in [0.3, 0.4) is 0 Å². The predicted molar refractivity (Wildman–Crippen MR) is 86.1 cm³/mol. The van der Waals surface area contributed by atoms with Crippen LogP contribution < -0.4 is 9.47 Å². The van der Waals surface area contributed by atoms with Gasteiger partial charge in [-0.3, -0.25) is 0 Å². The molecule has 0 aliphatic rings. The standard InChI is InChI=1S/C16H15BrClFO2/c1-9-4-5-10(17)6-11(9)16(18)12-7-14(20-2)15(21-3)8-13(12)19/h4-8,16H,1-3H3. The average molecular weight is 374 g/mol. The smallest absolute Gasteiger partial charge is 0.163 e. The number of hydrogen-bond acceptors (Lipinski definition) is 2. The molecular formula is C16H15BrClFO2. The highest BCUT2D eigenvalue weighted by molar-refractivity contribution is 9.10. The molecule has 21 heavy (non-hydrogen) atoms. The van der Waals surface area contributed by atoms with Gasteiger partial charge in [-0.15, -0.1) is 11.6 Å². The van der Waals surface area contributed by atoms with Crippen LogP contribution in [0.5, 0.6) is 11.5 Å². The maximum absolute atomic E-state index is 14.3. The van der Waals surface area contributed by atoms with Crippen molar-refractivity contribution in [3.05, 3.63) is 57.3 Å². The molecule has 0 N–H and O–H groups in total. The Labute approximate surface area is 137 Å². The van der Waals surface area contributed by atoms with Crippen LogP contribution in [-0.2, 0) is 0 Å². The molecule has 5 heteroatoms. The SMILES string of the molecule is COc1cc(F)c(C(Cl)c2cc(Br)ccc2C)cc1OC. The summed E-state index contributed by atoms with van der Waals surface area (Å²) in [6.07, 6.45) is 0. The maximum Gasteiger partial charge on any atom is 0.163 e. The molecule has 0 aromatic heterocycles. The van der Waals surface area contributed by atoms with Crippen molar-refractivity contribution in [3.63, 3.8) is 0 Å². The summed E-state index contributed by atoms with van der Waals surface area (Å²) in [5.41, 5.74) is 2.19. The van der Waals surface area contributed by atoms with Crippen molar-refractivity contribution in [3.8, 4) is 11.5 Å². The molecule has 2 aromatic rings. The molecule has 0 fully saturated rings. The molecular weight excluding hydrogens is 359 g/mol. The first-order valence-electron chi connectivity index (χ1n) is 6.29. The Hall–Kier alpha value is -1.26. The summed E-state index contributed by atoms with van der Waals surface area (Å²) in [5.74, 6) is 0.368. The lowest BCUT2D eigenvalue weighted by atomic mass is 9.99. The molecule has 112 valence electrons. The second-order valence-electron chi connectivity index (χ2n) is 4.59. The zero-order valence-electron chi connectivity index (χ0n) is 11.9. The van der Waals surface area contributed by atoms with Crippen molar-refractivity contribution in [2.24, 2.45) is 0 Å². The fourth-order valence-corrected chi connectivity index (χ4v) is 2.90. The molecule has 0 bridgehead atoms. The van der Waals surface area contributed by atoms with Crippen molar-refractivity contribution >= 4 is 27.5 Å². The lowest BCUT2D eigenvalue weighted by molar-refractivity contribution is 0.351. The van der Waals surface area contributed by atoms with Crippen molar-refractivity contribution in [1.29, 1.82) is 0 Å². The zero-order chi connectivity index (χ0) is 15.6. The van der Waals surface area contributed by atoms with E-state index < -0.39 is 11.2 Å². The Balaban J connectivity index is 2.52. The molecule has 0 saturated carbocycles. The Morgan fingerprint density at radius 3 is 2.29 bits per heavy atom. The van der Waals surface area contributed by atoms with Gasteiger partial charge < -0.3 is 9.47 Å². The van der Waals surface area contributed by atoms with Crippen LogP contribution in [0.4, 0.5) is 4.39 Å². The van der Waals surface area contributed by atoms with E-state index in [-0.39, 0.29) is 0 Å². The topological polar surface area (TPSA) is 18.5 Å². The van der Waals surface area contributed by atoms with Gasteiger partial charge in [-0.1, -0.05) is 22.0 Å². The van der Waals surface area contributed by atoms with Crippen LogP contribution in [0.2, 0.25) is 0 Å². The van der Waals surface area contributed by atoms with E-state index in [1.807, 2.05) is 25.1 Å². The fourth-order valence-electron chi connectivity index (χ4n) is 2.12. The van der Waals surface area contributed by atoms with Crippen molar-refractivity contribution in [1.82, 2.24) is 0 Å². The second-order valence-corrected chi connectivity index (χ2v) is 5.94. The van der Waals surface area contributed by atoms with Gasteiger partial charge >= 0.3 is 0 Å². The third-order valence-corrected chi connectivity index (χ3v) is 4.25. The highest BCUT2D eigenvalue weighted by atomic mass is 79.9. The molecule has 1 atom stereocenters. The van der Waals surface area contributed by atoms with E-state index in [0.717, 1.165) is 15.6 Å². The van der Waals surface area contributed by atoms with E-state index in [2.05, 4.69) is 15.9 Å². The third kappa shape index (κ3) is 3.33. The van der Waals surface area contributed by atoms with Gasteiger partial charge in [0.1, 0.15) is 5.82 Å². The number of halogens is 3. The van der Waals surface area contributed by atoms with Gasteiger partial charge in [-0.2, -0.15) is 0 Å². The number of rotatable bonds is 4. The molecule has 0 radical (unpaired) electrons. The van der Waals surface area contributed by atoms with Crippen LogP contribution in [0.15, 0.2) is 34.8 Å². The van der Waals surface area contributed by atoms with E-state index in [0.29, 0.717) is 17.1 Å².